The summed E-state index contributed by atoms with van der Waals surface area (Å²) in [6.07, 6.45) is 0. The van der Waals surface area contributed by atoms with Crippen LogP contribution in [0.3, 0.4) is 0 Å². The first-order valence-electron chi connectivity index (χ1n) is 6.91. The number of ether oxygens (including phenoxy) is 1. The molecule has 0 amide bonds. The standard InChI is InChI=1S/C15H24BrN3O/c1-5-17-15(18-9-11(2)3)19-10-12-6-7-14(20-4)13(16)8-12/h6-8,11H,5,9-10H2,1-4H3,(H2,17,18,19). The minimum absolute atomic E-state index is 0.592. The summed E-state index contributed by atoms with van der Waals surface area (Å²) < 4.78 is 6.17. The Morgan fingerprint density at radius 2 is 2.10 bits per heavy atom. The van der Waals surface area contributed by atoms with Crippen molar-refractivity contribution in [1.29, 1.82) is 0 Å². The van der Waals surface area contributed by atoms with Crippen molar-refractivity contribution in [1.82, 2.24) is 10.6 Å². The molecule has 0 aliphatic carbocycles. The molecular formula is C15H24BrN3O. The molecule has 1 aromatic rings. The van der Waals surface area contributed by atoms with Gasteiger partial charge in [0, 0.05) is 13.1 Å². The number of benzene rings is 1. The number of nitrogens with one attached hydrogen (secondary N) is 2. The number of methoxy groups -OCH3 is 1. The monoisotopic (exact) mass is 341 g/mol. The molecule has 2 N–H and O–H groups in total. The topological polar surface area (TPSA) is 45.7 Å². The SMILES string of the molecule is CCNC(=NCc1ccc(OC)c(Br)c1)NCC(C)C. The molecule has 1 aromatic carbocycles. The van der Waals surface area contributed by atoms with E-state index in [9.17, 15) is 0 Å². The summed E-state index contributed by atoms with van der Waals surface area (Å²) in [4.78, 5) is 4.59. The molecule has 0 spiro atoms. The van der Waals surface area contributed by atoms with Crippen LogP contribution in [0.4, 0.5) is 0 Å². The third-order valence-electron chi connectivity index (χ3n) is 2.66. The van der Waals surface area contributed by atoms with Gasteiger partial charge in [-0.25, -0.2) is 4.99 Å². The molecule has 0 saturated carbocycles. The highest BCUT2D eigenvalue weighted by atomic mass is 79.9. The summed E-state index contributed by atoms with van der Waals surface area (Å²) in [6.45, 7) is 8.83. The fourth-order valence-electron chi connectivity index (χ4n) is 1.62. The first-order chi connectivity index (χ1) is 9.56. The van der Waals surface area contributed by atoms with Gasteiger partial charge < -0.3 is 15.4 Å². The van der Waals surface area contributed by atoms with Gasteiger partial charge in [0.05, 0.1) is 18.1 Å². The predicted octanol–water partition coefficient (Wildman–Crippen LogP) is 3.17. The molecule has 20 heavy (non-hydrogen) atoms. The lowest BCUT2D eigenvalue weighted by molar-refractivity contribution is 0.412. The Balaban J connectivity index is 2.68. The highest BCUT2D eigenvalue weighted by molar-refractivity contribution is 9.10. The van der Waals surface area contributed by atoms with E-state index >= 15 is 0 Å². The Labute approximate surface area is 130 Å². The second-order valence-corrected chi connectivity index (χ2v) is 5.79. The molecule has 0 saturated heterocycles. The summed E-state index contributed by atoms with van der Waals surface area (Å²) in [5.74, 6) is 2.28. The molecule has 0 aliphatic rings. The van der Waals surface area contributed by atoms with Crippen LogP contribution < -0.4 is 15.4 Å². The fraction of sp³-hybridized carbons (Fsp3) is 0.533. The Morgan fingerprint density at radius 1 is 1.35 bits per heavy atom. The lowest BCUT2D eigenvalue weighted by Crippen LogP contribution is -2.39. The van der Waals surface area contributed by atoms with Crippen LogP contribution in [0, 0.1) is 5.92 Å². The molecule has 0 aromatic heterocycles. The van der Waals surface area contributed by atoms with Crippen LogP contribution in [-0.2, 0) is 6.54 Å². The van der Waals surface area contributed by atoms with E-state index < -0.39 is 0 Å². The van der Waals surface area contributed by atoms with Crippen molar-refractivity contribution in [2.45, 2.75) is 27.3 Å². The number of guanidine groups is 1. The van der Waals surface area contributed by atoms with E-state index in [1.165, 1.54) is 0 Å². The quantitative estimate of drug-likeness (QED) is 0.617. The van der Waals surface area contributed by atoms with Gasteiger partial charge >= 0.3 is 0 Å². The van der Waals surface area contributed by atoms with Crippen LogP contribution in [0.25, 0.3) is 0 Å². The predicted molar refractivity (Wildman–Crippen MR) is 88.4 cm³/mol. The van der Waals surface area contributed by atoms with E-state index in [1.807, 2.05) is 18.2 Å². The first kappa shape index (κ1) is 16.8. The van der Waals surface area contributed by atoms with Crippen molar-refractivity contribution >= 4 is 21.9 Å². The highest BCUT2D eigenvalue weighted by Gasteiger charge is 2.02. The Bertz CT molecular complexity index is 447. The molecule has 1 rings (SSSR count). The van der Waals surface area contributed by atoms with Gasteiger partial charge in [0.1, 0.15) is 5.75 Å². The maximum absolute atomic E-state index is 5.22. The molecule has 0 heterocycles. The summed E-state index contributed by atoms with van der Waals surface area (Å²) >= 11 is 3.49. The molecular weight excluding hydrogens is 318 g/mol. The maximum Gasteiger partial charge on any atom is 0.191 e. The fourth-order valence-corrected chi connectivity index (χ4v) is 2.21. The first-order valence-corrected chi connectivity index (χ1v) is 7.70. The Hall–Kier alpha value is -1.23. The molecule has 0 atom stereocenters. The number of rotatable bonds is 6. The van der Waals surface area contributed by atoms with Gasteiger partial charge in [0.25, 0.3) is 0 Å². The zero-order chi connectivity index (χ0) is 15.0. The van der Waals surface area contributed by atoms with Gasteiger partial charge in [-0.05, 0) is 46.5 Å². The molecule has 0 aliphatic heterocycles. The van der Waals surface area contributed by atoms with Crippen LogP contribution in [0.15, 0.2) is 27.7 Å². The van der Waals surface area contributed by atoms with Crippen molar-refractivity contribution in [2.75, 3.05) is 20.2 Å². The molecule has 0 unspecified atom stereocenters. The summed E-state index contributed by atoms with van der Waals surface area (Å²) in [7, 11) is 1.66. The van der Waals surface area contributed by atoms with Crippen molar-refractivity contribution in [2.24, 2.45) is 10.9 Å². The maximum atomic E-state index is 5.22. The minimum atomic E-state index is 0.592. The molecule has 4 nitrogen and oxygen atoms in total. The van der Waals surface area contributed by atoms with Gasteiger partial charge in [0.2, 0.25) is 0 Å². The molecule has 0 fully saturated rings. The largest absolute Gasteiger partial charge is 0.496 e. The van der Waals surface area contributed by atoms with Crippen LogP contribution in [0.5, 0.6) is 5.75 Å². The van der Waals surface area contributed by atoms with Gasteiger partial charge in [-0.2, -0.15) is 0 Å². The summed E-state index contributed by atoms with van der Waals surface area (Å²) in [5, 5.41) is 6.58. The molecule has 5 heteroatoms. The zero-order valence-electron chi connectivity index (χ0n) is 12.7. The average Bonchev–Trinajstić information content (AvgIpc) is 2.42. The molecule has 112 valence electrons. The van der Waals surface area contributed by atoms with E-state index in [0.29, 0.717) is 12.5 Å². The van der Waals surface area contributed by atoms with Crippen molar-refractivity contribution in [3.63, 3.8) is 0 Å². The Morgan fingerprint density at radius 3 is 2.65 bits per heavy atom. The van der Waals surface area contributed by atoms with Gasteiger partial charge in [-0.3, -0.25) is 0 Å². The highest BCUT2D eigenvalue weighted by Crippen LogP contribution is 2.25. The summed E-state index contributed by atoms with van der Waals surface area (Å²) in [6, 6.07) is 6.01. The number of hydrogen-bond donors (Lipinski definition) is 2. The van der Waals surface area contributed by atoms with Gasteiger partial charge in [-0.1, -0.05) is 19.9 Å². The van der Waals surface area contributed by atoms with Gasteiger partial charge in [0.15, 0.2) is 5.96 Å². The Kier molecular flexibility index (Phi) is 7.44. The lowest BCUT2D eigenvalue weighted by atomic mass is 10.2. The smallest absolute Gasteiger partial charge is 0.191 e. The summed E-state index contributed by atoms with van der Waals surface area (Å²) in [5.41, 5.74) is 1.14. The van der Waals surface area contributed by atoms with Crippen LogP contribution in [0.1, 0.15) is 26.3 Å². The van der Waals surface area contributed by atoms with Crippen LogP contribution >= 0.6 is 15.9 Å². The minimum Gasteiger partial charge on any atom is -0.496 e. The van der Waals surface area contributed by atoms with Crippen molar-refractivity contribution in [3.8, 4) is 5.75 Å². The van der Waals surface area contributed by atoms with Crippen molar-refractivity contribution < 1.29 is 4.74 Å². The second kappa shape index (κ2) is 8.84. The number of aliphatic imine (C=N–C) groups is 1. The van der Waals surface area contributed by atoms with Gasteiger partial charge in [-0.15, -0.1) is 0 Å². The average molecular weight is 342 g/mol. The second-order valence-electron chi connectivity index (χ2n) is 4.94. The normalized spacial score (nSPS) is 11.6. The van der Waals surface area contributed by atoms with E-state index in [0.717, 1.165) is 34.8 Å². The molecule has 0 bridgehead atoms. The number of halogens is 1. The third-order valence-corrected chi connectivity index (χ3v) is 3.28. The third kappa shape index (κ3) is 5.82. The number of hydrogen-bond acceptors (Lipinski definition) is 2. The van der Waals surface area contributed by atoms with E-state index in [4.69, 9.17) is 4.74 Å². The van der Waals surface area contributed by atoms with E-state index in [-0.39, 0.29) is 0 Å². The van der Waals surface area contributed by atoms with Crippen LogP contribution in [-0.4, -0.2) is 26.2 Å². The zero-order valence-corrected chi connectivity index (χ0v) is 14.3. The van der Waals surface area contributed by atoms with E-state index in [2.05, 4.69) is 52.3 Å². The van der Waals surface area contributed by atoms with E-state index in [1.54, 1.807) is 7.11 Å². The number of nitrogens with zero attached hydrogens (tertiary/aromatic N) is 1. The van der Waals surface area contributed by atoms with Crippen LogP contribution in [0.2, 0.25) is 0 Å². The van der Waals surface area contributed by atoms with Crippen molar-refractivity contribution in [3.05, 3.63) is 28.2 Å². The lowest BCUT2D eigenvalue weighted by Gasteiger charge is -2.13. The molecule has 0 radical (unpaired) electrons.